The van der Waals surface area contributed by atoms with Gasteiger partial charge in [-0.2, -0.15) is 0 Å². The molecule has 3 aromatic carbocycles. The van der Waals surface area contributed by atoms with Crippen LogP contribution in [0.15, 0.2) is 71.6 Å². The Hall–Kier alpha value is -3.07. The summed E-state index contributed by atoms with van der Waals surface area (Å²) in [4.78, 5) is 24.5. The van der Waals surface area contributed by atoms with Gasteiger partial charge in [-0.05, 0) is 61.0 Å². The third-order valence-electron chi connectivity index (χ3n) is 4.78. The molecule has 7 nitrogen and oxygen atoms in total. The fourth-order valence-corrected chi connectivity index (χ4v) is 4.49. The van der Waals surface area contributed by atoms with Crippen LogP contribution in [0.1, 0.15) is 15.9 Å². The molecule has 0 aliphatic rings. The topological polar surface area (TPSA) is 92.8 Å². The summed E-state index contributed by atoms with van der Waals surface area (Å²) in [5, 5.41) is 3.50. The molecule has 0 aromatic heterocycles. The number of nitrogens with one attached hydrogen (secondary N) is 1. The number of hydrogen-bond donors (Lipinski definition) is 1. The van der Waals surface area contributed by atoms with Crippen molar-refractivity contribution in [2.24, 2.45) is 0 Å². The zero-order valence-electron chi connectivity index (χ0n) is 17.7. The van der Waals surface area contributed by atoms with Crippen molar-refractivity contribution in [2.75, 3.05) is 23.3 Å². The van der Waals surface area contributed by atoms with Crippen LogP contribution in [0.25, 0.3) is 0 Å². The molecule has 3 rings (SSSR count). The first kappa shape index (κ1) is 24.6. The van der Waals surface area contributed by atoms with Crippen molar-refractivity contribution in [1.29, 1.82) is 0 Å². The van der Waals surface area contributed by atoms with E-state index < -0.39 is 28.5 Å². The van der Waals surface area contributed by atoms with Crippen LogP contribution < -0.4 is 9.62 Å². The molecule has 1 amide bonds. The third-order valence-corrected chi connectivity index (χ3v) is 7.20. The van der Waals surface area contributed by atoms with Gasteiger partial charge in [0, 0.05) is 22.8 Å². The number of nitrogens with zero attached hydrogens (tertiary/aromatic N) is 1. The molecule has 0 heterocycles. The zero-order valence-corrected chi connectivity index (χ0v) is 20.0. The van der Waals surface area contributed by atoms with Gasteiger partial charge in [0.05, 0.1) is 16.1 Å². The van der Waals surface area contributed by atoms with E-state index in [1.165, 1.54) is 37.4 Å². The quantitative estimate of drug-likeness (QED) is 0.459. The molecule has 172 valence electrons. The van der Waals surface area contributed by atoms with Crippen LogP contribution in [-0.4, -0.2) is 33.9 Å². The number of amides is 1. The van der Waals surface area contributed by atoms with E-state index in [0.29, 0.717) is 27.0 Å². The summed E-state index contributed by atoms with van der Waals surface area (Å²) in [6.45, 7) is 1.19. The van der Waals surface area contributed by atoms with Crippen LogP contribution in [0.3, 0.4) is 0 Å². The summed E-state index contributed by atoms with van der Waals surface area (Å²) >= 11 is 12.0. The molecule has 10 heteroatoms. The van der Waals surface area contributed by atoms with Gasteiger partial charge in [-0.1, -0.05) is 41.4 Å². The predicted octanol–water partition coefficient (Wildman–Crippen LogP) is 4.92. The Morgan fingerprint density at radius 3 is 2.42 bits per heavy atom. The van der Waals surface area contributed by atoms with Crippen LogP contribution in [0, 0.1) is 6.92 Å². The van der Waals surface area contributed by atoms with Gasteiger partial charge in [-0.3, -0.25) is 9.10 Å². The lowest BCUT2D eigenvalue weighted by molar-refractivity contribution is -0.119. The Kier molecular flexibility index (Phi) is 7.63. The Morgan fingerprint density at radius 1 is 1.00 bits per heavy atom. The van der Waals surface area contributed by atoms with Crippen molar-refractivity contribution in [3.8, 4) is 0 Å². The van der Waals surface area contributed by atoms with Crippen LogP contribution in [0.2, 0.25) is 10.0 Å². The summed E-state index contributed by atoms with van der Waals surface area (Å²) in [5.41, 5.74) is 1.53. The molecule has 0 saturated carbocycles. The Labute approximate surface area is 201 Å². The lowest BCUT2D eigenvalue weighted by Crippen LogP contribution is -2.27. The minimum absolute atomic E-state index is 0.0118. The third kappa shape index (κ3) is 5.84. The van der Waals surface area contributed by atoms with Gasteiger partial charge in [0.2, 0.25) is 0 Å². The van der Waals surface area contributed by atoms with E-state index in [4.69, 9.17) is 27.9 Å². The van der Waals surface area contributed by atoms with Gasteiger partial charge in [0.25, 0.3) is 15.9 Å². The summed E-state index contributed by atoms with van der Waals surface area (Å²) in [6.07, 6.45) is 0. The number of esters is 1. The minimum Gasteiger partial charge on any atom is -0.452 e. The molecular weight excluding hydrogens is 487 g/mol. The van der Waals surface area contributed by atoms with Gasteiger partial charge in [-0.25, -0.2) is 13.2 Å². The molecule has 0 bridgehead atoms. The van der Waals surface area contributed by atoms with E-state index in [1.54, 1.807) is 43.3 Å². The number of benzene rings is 3. The second-order valence-electron chi connectivity index (χ2n) is 7.02. The Bertz CT molecular complexity index is 1310. The highest BCUT2D eigenvalue weighted by molar-refractivity contribution is 7.92. The maximum absolute atomic E-state index is 13.0. The summed E-state index contributed by atoms with van der Waals surface area (Å²) in [5.74, 6) is -1.39. The number of rotatable bonds is 7. The normalized spacial score (nSPS) is 11.0. The molecule has 0 aliphatic heterocycles. The van der Waals surface area contributed by atoms with E-state index in [2.05, 4.69) is 5.32 Å². The molecule has 0 unspecified atom stereocenters. The van der Waals surface area contributed by atoms with Crippen molar-refractivity contribution in [1.82, 2.24) is 0 Å². The van der Waals surface area contributed by atoms with Crippen molar-refractivity contribution in [3.63, 3.8) is 0 Å². The first-order valence-electron chi connectivity index (χ1n) is 9.66. The molecule has 0 radical (unpaired) electrons. The standard InChI is InChI=1S/C23H20Cl2N2O5S/c1-15-20(25)10-5-11-21(15)26-22(28)14-32-23(29)16-6-3-9-19(12-16)33(30,31)27(2)18-8-4-7-17(24)13-18/h3-13H,14H2,1-2H3,(H,26,28). The minimum atomic E-state index is -3.97. The lowest BCUT2D eigenvalue weighted by Gasteiger charge is -2.20. The maximum Gasteiger partial charge on any atom is 0.338 e. The van der Waals surface area contributed by atoms with Crippen LogP contribution in [-0.2, 0) is 19.6 Å². The van der Waals surface area contributed by atoms with E-state index >= 15 is 0 Å². The van der Waals surface area contributed by atoms with Gasteiger partial charge in [0.15, 0.2) is 6.61 Å². The van der Waals surface area contributed by atoms with Gasteiger partial charge >= 0.3 is 5.97 Å². The Morgan fingerprint density at radius 2 is 1.70 bits per heavy atom. The molecule has 0 saturated heterocycles. The first-order chi connectivity index (χ1) is 15.6. The molecule has 0 aliphatic carbocycles. The number of ether oxygens (including phenoxy) is 1. The van der Waals surface area contributed by atoms with Crippen LogP contribution in [0.5, 0.6) is 0 Å². The monoisotopic (exact) mass is 506 g/mol. The summed E-state index contributed by atoms with van der Waals surface area (Å²) in [6, 6.07) is 16.8. The molecule has 33 heavy (non-hydrogen) atoms. The predicted molar refractivity (Wildman–Crippen MR) is 129 cm³/mol. The molecule has 0 spiro atoms. The van der Waals surface area contributed by atoms with E-state index in [-0.39, 0.29) is 10.5 Å². The average Bonchev–Trinajstić information content (AvgIpc) is 2.80. The highest BCUT2D eigenvalue weighted by Crippen LogP contribution is 2.25. The highest BCUT2D eigenvalue weighted by atomic mass is 35.5. The summed E-state index contributed by atoms with van der Waals surface area (Å²) in [7, 11) is -2.59. The maximum atomic E-state index is 13.0. The largest absolute Gasteiger partial charge is 0.452 e. The zero-order chi connectivity index (χ0) is 24.2. The van der Waals surface area contributed by atoms with Crippen molar-refractivity contribution in [2.45, 2.75) is 11.8 Å². The summed E-state index contributed by atoms with van der Waals surface area (Å²) < 4.78 is 32.1. The highest BCUT2D eigenvalue weighted by Gasteiger charge is 2.23. The van der Waals surface area contributed by atoms with Gasteiger partial charge < -0.3 is 10.1 Å². The van der Waals surface area contributed by atoms with Gasteiger partial charge in [0.1, 0.15) is 0 Å². The molecule has 1 N–H and O–H groups in total. The Balaban J connectivity index is 1.70. The molecule has 3 aromatic rings. The number of carbonyl (C=O) groups is 2. The van der Waals surface area contributed by atoms with Crippen molar-refractivity contribution in [3.05, 3.63) is 87.9 Å². The van der Waals surface area contributed by atoms with E-state index in [0.717, 1.165) is 4.31 Å². The smallest absolute Gasteiger partial charge is 0.338 e. The fourth-order valence-electron chi connectivity index (χ4n) is 2.90. The molecule has 0 fully saturated rings. The molecular formula is C23H20Cl2N2O5S. The van der Waals surface area contributed by atoms with Crippen LogP contribution in [0.4, 0.5) is 11.4 Å². The number of anilines is 2. The lowest BCUT2D eigenvalue weighted by atomic mass is 10.2. The number of sulfonamides is 1. The number of carbonyl (C=O) groups excluding carboxylic acids is 2. The van der Waals surface area contributed by atoms with E-state index in [1.807, 2.05) is 0 Å². The SMILES string of the molecule is Cc1c(Cl)cccc1NC(=O)COC(=O)c1cccc(S(=O)(=O)N(C)c2cccc(Cl)c2)c1. The van der Waals surface area contributed by atoms with E-state index in [9.17, 15) is 18.0 Å². The van der Waals surface area contributed by atoms with Gasteiger partial charge in [-0.15, -0.1) is 0 Å². The average molecular weight is 507 g/mol. The van der Waals surface area contributed by atoms with Crippen molar-refractivity contribution >= 4 is 56.5 Å². The van der Waals surface area contributed by atoms with Crippen LogP contribution >= 0.6 is 23.2 Å². The van der Waals surface area contributed by atoms with Crippen molar-refractivity contribution < 1.29 is 22.7 Å². The first-order valence-corrected chi connectivity index (χ1v) is 11.9. The fraction of sp³-hybridized carbons (Fsp3) is 0.130. The second kappa shape index (κ2) is 10.2. The number of hydrogen-bond acceptors (Lipinski definition) is 5. The second-order valence-corrected chi connectivity index (χ2v) is 9.83. The molecule has 0 atom stereocenters. The number of halogens is 2.